The van der Waals surface area contributed by atoms with Crippen molar-refractivity contribution in [1.82, 2.24) is 5.32 Å². The second kappa shape index (κ2) is 5.87. The quantitative estimate of drug-likeness (QED) is 0.832. The molecule has 1 amide bonds. The average molecular weight is 286 g/mol. The SMILES string of the molecule is NCC#Cc1ccc(C(=O)NC(C2CC2)C2CC2)c(F)c1. The molecule has 0 heterocycles. The molecule has 0 bridgehead atoms. The summed E-state index contributed by atoms with van der Waals surface area (Å²) in [7, 11) is 0. The van der Waals surface area contributed by atoms with Crippen LogP contribution in [0.15, 0.2) is 18.2 Å². The fourth-order valence-corrected chi connectivity index (χ4v) is 2.69. The average Bonchev–Trinajstić information content (AvgIpc) is 3.35. The van der Waals surface area contributed by atoms with Gasteiger partial charge in [0.1, 0.15) is 5.82 Å². The van der Waals surface area contributed by atoms with Crippen molar-refractivity contribution >= 4 is 5.91 Å². The summed E-state index contributed by atoms with van der Waals surface area (Å²) >= 11 is 0. The van der Waals surface area contributed by atoms with Crippen LogP contribution in [-0.4, -0.2) is 18.5 Å². The topological polar surface area (TPSA) is 55.1 Å². The molecular formula is C17H19FN2O. The van der Waals surface area contributed by atoms with Crippen molar-refractivity contribution in [1.29, 1.82) is 0 Å². The second-order valence-electron chi connectivity index (χ2n) is 5.87. The Hall–Kier alpha value is -1.86. The van der Waals surface area contributed by atoms with Crippen LogP contribution in [0.2, 0.25) is 0 Å². The summed E-state index contributed by atoms with van der Waals surface area (Å²) in [6.07, 6.45) is 4.71. The maximum Gasteiger partial charge on any atom is 0.254 e. The molecule has 3 rings (SSSR count). The van der Waals surface area contributed by atoms with Gasteiger partial charge in [0.15, 0.2) is 0 Å². The number of carbonyl (C=O) groups is 1. The fourth-order valence-electron chi connectivity index (χ4n) is 2.69. The van der Waals surface area contributed by atoms with Gasteiger partial charge in [0.25, 0.3) is 5.91 Å². The summed E-state index contributed by atoms with van der Waals surface area (Å²) in [5.74, 6) is 5.79. The van der Waals surface area contributed by atoms with E-state index in [0.29, 0.717) is 17.4 Å². The normalized spacial score (nSPS) is 17.3. The van der Waals surface area contributed by atoms with E-state index in [1.165, 1.54) is 37.8 Å². The first-order valence-electron chi connectivity index (χ1n) is 7.48. The zero-order valence-electron chi connectivity index (χ0n) is 11.9. The summed E-state index contributed by atoms with van der Waals surface area (Å²) in [5, 5.41) is 3.03. The lowest BCUT2D eigenvalue weighted by Gasteiger charge is -2.17. The Bertz CT molecular complexity index is 597. The molecule has 0 aliphatic heterocycles. The van der Waals surface area contributed by atoms with Crippen LogP contribution in [0.5, 0.6) is 0 Å². The van der Waals surface area contributed by atoms with Crippen molar-refractivity contribution in [3.05, 3.63) is 35.1 Å². The number of rotatable bonds is 4. The molecule has 0 radical (unpaired) electrons. The molecule has 0 aromatic heterocycles. The predicted molar refractivity (Wildman–Crippen MR) is 79.0 cm³/mol. The number of hydrogen-bond acceptors (Lipinski definition) is 2. The number of hydrogen-bond donors (Lipinski definition) is 2. The van der Waals surface area contributed by atoms with Crippen LogP contribution >= 0.6 is 0 Å². The number of nitrogens with one attached hydrogen (secondary N) is 1. The molecule has 2 aliphatic rings. The van der Waals surface area contributed by atoms with Crippen LogP contribution in [0.4, 0.5) is 4.39 Å². The molecule has 1 aromatic rings. The summed E-state index contributed by atoms with van der Waals surface area (Å²) in [4.78, 5) is 12.3. The fraction of sp³-hybridized carbons (Fsp3) is 0.471. The monoisotopic (exact) mass is 286 g/mol. The maximum absolute atomic E-state index is 14.1. The van der Waals surface area contributed by atoms with E-state index in [9.17, 15) is 9.18 Å². The van der Waals surface area contributed by atoms with Gasteiger partial charge in [0.2, 0.25) is 0 Å². The molecule has 3 N–H and O–H groups in total. The molecule has 0 atom stereocenters. The lowest BCUT2D eigenvalue weighted by Crippen LogP contribution is -2.38. The van der Waals surface area contributed by atoms with E-state index >= 15 is 0 Å². The highest BCUT2D eigenvalue weighted by Gasteiger charge is 2.42. The molecule has 110 valence electrons. The van der Waals surface area contributed by atoms with Crippen LogP contribution in [-0.2, 0) is 0 Å². The van der Waals surface area contributed by atoms with E-state index < -0.39 is 5.82 Å². The molecule has 2 fully saturated rings. The number of carbonyl (C=O) groups excluding carboxylic acids is 1. The third-order valence-electron chi connectivity index (χ3n) is 4.11. The van der Waals surface area contributed by atoms with Gasteiger partial charge in [0, 0.05) is 11.6 Å². The predicted octanol–water partition coefficient (Wildman–Crippen LogP) is 2.05. The zero-order valence-corrected chi connectivity index (χ0v) is 11.9. The van der Waals surface area contributed by atoms with Crippen molar-refractivity contribution in [2.75, 3.05) is 6.54 Å². The van der Waals surface area contributed by atoms with Gasteiger partial charge in [-0.1, -0.05) is 11.8 Å². The van der Waals surface area contributed by atoms with Crippen LogP contribution in [0.25, 0.3) is 0 Å². The second-order valence-corrected chi connectivity index (χ2v) is 5.87. The summed E-state index contributed by atoms with van der Waals surface area (Å²) in [6, 6.07) is 4.68. The maximum atomic E-state index is 14.1. The van der Waals surface area contributed by atoms with Crippen molar-refractivity contribution in [2.24, 2.45) is 17.6 Å². The molecule has 4 heteroatoms. The van der Waals surface area contributed by atoms with E-state index in [-0.39, 0.29) is 24.1 Å². The van der Waals surface area contributed by atoms with E-state index in [1.807, 2.05) is 0 Å². The van der Waals surface area contributed by atoms with Gasteiger partial charge in [0.05, 0.1) is 12.1 Å². The van der Waals surface area contributed by atoms with Crippen LogP contribution < -0.4 is 11.1 Å². The lowest BCUT2D eigenvalue weighted by atomic mass is 10.1. The minimum absolute atomic E-state index is 0.0969. The molecule has 3 nitrogen and oxygen atoms in total. The van der Waals surface area contributed by atoms with Gasteiger partial charge in [-0.3, -0.25) is 4.79 Å². The first-order valence-corrected chi connectivity index (χ1v) is 7.48. The summed E-state index contributed by atoms with van der Waals surface area (Å²) in [5.41, 5.74) is 5.92. The van der Waals surface area contributed by atoms with Crippen molar-refractivity contribution < 1.29 is 9.18 Å². The van der Waals surface area contributed by atoms with Gasteiger partial charge in [-0.2, -0.15) is 0 Å². The minimum atomic E-state index is -0.526. The number of benzene rings is 1. The zero-order chi connectivity index (χ0) is 14.8. The van der Waals surface area contributed by atoms with Gasteiger partial charge >= 0.3 is 0 Å². The smallest absolute Gasteiger partial charge is 0.254 e. The minimum Gasteiger partial charge on any atom is -0.349 e. The van der Waals surface area contributed by atoms with Crippen LogP contribution in [0.1, 0.15) is 41.6 Å². The summed E-state index contributed by atoms with van der Waals surface area (Å²) in [6.45, 7) is 0.230. The Morgan fingerprint density at radius 1 is 1.33 bits per heavy atom. The summed E-state index contributed by atoms with van der Waals surface area (Å²) < 4.78 is 14.1. The van der Waals surface area contributed by atoms with Crippen molar-refractivity contribution in [3.8, 4) is 11.8 Å². The van der Waals surface area contributed by atoms with Gasteiger partial charge < -0.3 is 11.1 Å². The van der Waals surface area contributed by atoms with E-state index in [0.717, 1.165) is 0 Å². The Morgan fingerprint density at radius 3 is 2.52 bits per heavy atom. The highest BCUT2D eigenvalue weighted by Crippen LogP contribution is 2.44. The van der Waals surface area contributed by atoms with Crippen molar-refractivity contribution in [2.45, 2.75) is 31.7 Å². The molecule has 1 aromatic carbocycles. The van der Waals surface area contributed by atoms with E-state index in [1.54, 1.807) is 6.07 Å². The van der Waals surface area contributed by atoms with Gasteiger partial charge in [-0.25, -0.2) is 4.39 Å². The highest BCUT2D eigenvalue weighted by atomic mass is 19.1. The molecule has 2 saturated carbocycles. The first kappa shape index (κ1) is 14.1. The van der Waals surface area contributed by atoms with Crippen LogP contribution in [0, 0.1) is 29.5 Å². The standard InChI is InChI=1S/C17H19FN2O/c18-15-10-11(2-1-9-19)3-8-14(15)17(21)20-16(12-4-5-12)13-6-7-13/h3,8,10,12-13,16H,4-7,9,19H2,(H,20,21). The van der Waals surface area contributed by atoms with E-state index in [2.05, 4.69) is 17.2 Å². The Morgan fingerprint density at radius 2 is 2.00 bits per heavy atom. The largest absolute Gasteiger partial charge is 0.349 e. The van der Waals surface area contributed by atoms with E-state index in [4.69, 9.17) is 5.73 Å². The first-order chi connectivity index (χ1) is 10.2. The lowest BCUT2D eigenvalue weighted by molar-refractivity contribution is 0.0922. The molecule has 0 saturated heterocycles. The number of halogens is 1. The van der Waals surface area contributed by atoms with Gasteiger partial charge in [-0.05, 0) is 55.7 Å². The molecular weight excluding hydrogens is 267 g/mol. The van der Waals surface area contributed by atoms with Gasteiger partial charge in [-0.15, -0.1) is 0 Å². The Kier molecular flexibility index (Phi) is 3.94. The van der Waals surface area contributed by atoms with Crippen molar-refractivity contribution in [3.63, 3.8) is 0 Å². The molecule has 2 aliphatic carbocycles. The third-order valence-corrected chi connectivity index (χ3v) is 4.11. The highest BCUT2D eigenvalue weighted by molar-refractivity contribution is 5.94. The molecule has 0 unspecified atom stereocenters. The number of amides is 1. The molecule has 21 heavy (non-hydrogen) atoms. The van der Waals surface area contributed by atoms with Crippen LogP contribution in [0.3, 0.4) is 0 Å². The Balaban J connectivity index is 1.71. The Labute approximate surface area is 124 Å². The third kappa shape index (κ3) is 3.43. The molecule has 0 spiro atoms. The number of nitrogens with two attached hydrogens (primary N) is 1.